The van der Waals surface area contributed by atoms with Gasteiger partial charge in [0.05, 0.1) is 12.3 Å². The first-order chi connectivity index (χ1) is 7.32. The number of aliphatic carboxylic acids is 1. The van der Waals surface area contributed by atoms with Gasteiger partial charge in [-0.3, -0.25) is 9.59 Å². The predicted molar refractivity (Wildman–Crippen MR) is 60.0 cm³/mol. The van der Waals surface area contributed by atoms with Gasteiger partial charge in [-0.05, 0) is 26.3 Å². The van der Waals surface area contributed by atoms with Crippen LogP contribution in [0.3, 0.4) is 0 Å². The molecular weight excluding hydrogens is 208 g/mol. The number of carboxylic acids is 1. The molecule has 0 bridgehead atoms. The molecule has 1 fully saturated rings. The van der Waals surface area contributed by atoms with E-state index in [9.17, 15) is 9.59 Å². The highest BCUT2D eigenvalue weighted by molar-refractivity contribution is 5.81. The van der Waals surface area contributed by atoms with E-state index in [2.05, 4.69) is 10.6 Å². The summed E-state index contributed by atoms with van der Waals surface area (Å²) in [6.45, 7) is 7.00. The zero-order valence-corrected chi connectivity index (χ0v) is 10.0. The summed E-state index contributed by atoms with van der Waals surface area (Å²) in [6, 6.07) is 0. The van der Waals surface area contributed by atoms with Crippen molar-refractivity contribution in [2.45, 2.75) is 32.7 Å². The monoisotopic (exact) mass is 228 g/mol. The summed E-state index contributed by atoms with van der Waals surface area (Å²) in [5.41, 5.74) is -0.689. The second-order valence-electron chi connectivity index (χ2n) is 5.19. The fraction of sp³-hybridized carbons (Fsp3) is 0.818. The van der Waals surface area contributed by atoms with Gasteiger partial charge in [0, 0.05) is 12.1 Å². The highest BCUT2D eigenvalue weighted by atomic mass is 16.4. The van der Waals surface area contributed by atoms with E-state index in [0.29, 0.717) is 12.5 Å². The summed E-state index contributed by atoms with van der Waals surface area (Å²) in [4.78, 5) is 22.5. The molecule has 0 aromatic heterocycles. The predicted octanol–water partition coefficient (Wildman–Crippen LogP) is 0.211. The summed E-state index contributed by atoms with van der Waals surface area (Å²) in [7, 11) is 0. The lowest BCUT2D eigenvalue weighted by molar-refractivity contribution is -0.139. The van der Waals surface area contributed by atoms with Crippen LogP contribution in [0.15, 0.2) is 0 Å². The lowest BCUT2D eigenvalue weighted by Gasteiger charge is -2.27. The number of hydrogen-bond donors (Lipinski definition) is 3. The van der Waals surface area contributed by atoms with Crippen molar-refractivity contribution < 1.29 is 14.7 Å². The number of rotatable bonds is 4. The standard InChI is InChI=1S/C11H20N2O3/c1-7-5-12-6-8(7)10(16)13-11(2,3)4-9(14)15/h7-8,12H,4-6H2,1-3H3,(H,13,16)(H,14,15). The van der Waals surface area contributed by atoms with Gasteiger partial charge in [0.15, 0.2) is 0 Å². The van der Waals surface area contributed by atoms with Crippen LogP contribution in [0.1, 0.15) is 27.2 Å². The van der Waals surface area contributed by atoms with Gasteiger partial charge in [0.25, 0.3) is 0 Å². The van der Waals surface area contributed by atoms with Gasteiger partial charge >= 0.3 is 5.97 Å². The van der Waals surface area contributed by atoms with Gasteiger partial charge in [0.1, 0.15) is 0 Å². The molecular formula is C11H20N2O3. The third-order valence-electron chi connectivity index (χ3n) is 2.91. The summed E-state index contributed by atoms with van der Waals surface area (Å²) in [6.07, 6.45) is -0.0622. The molecule has 0 aliphatic carbocycles. The lowest BCUT2D eigenvalue weighted by Crippen LogP contribution is -2.48. The molecule has 0 aromatic rings. The minimum atomic E-state index is -0.900. The first-order valence-electron chi connectivity index (χ1n) is 5.56. The summed E-state index contributed by atoms with van der Waals surface area (Å²) >= 11 is 0. The Kier molecular flexibility index (Phi) is 3.91. The van der Waals surface area contributed by atoms with E-state index in [1.807, 2.05) is 6.92 Å². The van der Waals surface area contributed by atoms with E-state index < -0.39 is 11.5 Å². The molecule has 2 unspecified atom stereocenters. The zero-order chi connectivity index (χ0) is 12.3. The molecule has 1 aliphatic rings. The Balaban J connectivity index is 2.52. The van der Waals surface area contributed by atoms with Crippen molar-refractivity contribution in [1.82, 2.24) is 10.6 Å². The normalized spacial score (nSPS) is 25.4. The van der Waals surface area contributed by atoms with E-state index in [4.69, 9.17) is 5.11 Å². The van der Waals surface area contributed by atoms with Crippen molar-refractivity contribution in [2.75, 3.05) is 13.1 Å². The Labute approximate surface area is 95.6 Å². The minimum Gasteiger partial charge on any atom is -0.481 e. The Bertz CT molecular complexity index is 289. The Hall–Kier alpha value is -1.10. The number of carboxylic acid groups (broad SMARTS) is 1. The van der Waals surface area contributed by atoms with Gasteiger partial charge in [0.2, 0.25) is 5.91 Å². The van der Waals surface area contributed by atoms with Crippen LogP contribution in [-0.4, -0.2) is 35.6 Å². The Morgan fingerprint density at radius 3 is 2.50 bits per heavy atom. The molecule has 1 saturated heterocycles. The van der Waals surface area contributed by atoms with Crippen LogP contribution in [0, 0.1) is 11.8 Å². The molecule has 1 aliphatic heterocycles. The highest BCUT2D eigenvalue weighted by Gasteiger charge is 2.33. The molecule has 0 radical (unpaired) electrons. The smallest absolute Gasteiger partial charge is 0.305 e. The zero-order valence-electron chi connectivity index (χ0n) is 10.0. The molecule has 5 nitrogen and oxygen atoms in total. The average molecular weight is 228 g/mol. The van der Waals surface area contributed by atoms with E-state index in [0.717, 1.165) is 6.54 Å². The maximum Gasteiger partial charge on any atom is 0.305 e. The molecule has 0 spiro atoms. The maximum absolute atomic E-state index is 11.9. The second-order valence-corrected chi connectivity index (χ2v) is 5.19. The average Bonchev–Trinajstić information content (AvgIpc) is 2.47. The van der Waals surface area contributed by atoms with Gasteiger partial charge in [-0.15, -0.1) is 0 Å². The molecule has 3 N–H and O–H groups in total. The molecule has 5 heteroatoms. The topological polar surface area (TPSA) is 78.4 Å². The second kappa shape index (κ2) is 4.82. The van der Waals surface area contributed by atoms with Crippen LogP contribution in [0.2, 0.25) is 0 Å². The van der Waals surface area contributed by atoms with Crippen LogP contribution in [0.5, 0.6) is 0 Å². The van der Waals surface area contributed by atoms with Crippen molar-refractivity contribution in [1.29, 1.82) is 0 Å². The van der Waals surface area contributed by atoms with E-state index in [-0.39, 0.29) is 18.2 Å². The Morgan fingerprint density at radius 1 is 1.44 bits per heavy atom. The van der Waals surface area contributed by atoms with Gasteiger partial charge in [-0.25, -0.2) is 0 Å². The molecule has 1 amide bonds. The molecule has 16 heavy (non-hydrogen) atoms. The minimum absolute atomic E-state index is 0.0481. The number of hydrogen-bond acceptors (Lipinski definition) is 3. The van der Waals surface area contributed by atoms with E-state index in [1.165, 1.54) is 0 Å². The summed E-state index contributed by atoms with van der Waals surface area (Å²) in [5.74, 6) is -0.694. The van der Waals surface area contributed by atoms with Crippen molar-refractivity contribution in [3.8, 4) is 0 Å². The van der Waals surface area contributed by atoms with Crippen LogP contribution in [-0.2, 0) is 9.59 Å². The molecule has 0 saturated carbocycles. The van der Waals surface area contributed by atoms with Crippen LogP contribution in [0.4, 0.5) is 0 Å². The van der Waals surface area contributed by atoms with Crippen LogP contribution < -0.4 is 10.6 Å². The summed E-state index contributed by atoms with van der Waals surface area (Å²) < 4.78 is 0. The van der Waals surface area contributed by atoms with Gasteiger partial charge in [-0.2, -0.15) is 0 Å². The molecule has 0 aromatic carbocycles. The quantitative estimate of drug-likeness (QED) is 0.643. The molecule has 1 heterocycles. The summed E-state index contributed by atoms with van der Waals surface area (Å²) in [5, 5.41) is 14.7. The number of amides is 1. The fourth-order valence-corrected chi connectivity index (χ4v) is 2.01. The van der Waals surface area contributed by atoms with Crippen molar-refractivity contribution in [2.24, 2.45) is 11.8 Å². The third kappa shape index (κ3) is 3.48. The van der Waals surface area contributed by atoms with E-state index in [1.54, 1.807) is 13.8 Å². The van der Waals surface area contributed by atoms with Crippen LogP contribution in [0.25, 0.3) is 0 Å². The SMILES string of the molecule is CC1CNCC1C(=O)NC(C)(C)CC(=O)O. The fourth-order valence-electron chi connectivity index (χ4n) is 2.01. The molecule has 92 valence electrons. The van der Waals surface area contributed by atoms with Crippen molar-refractivity contribution in [3.63, 3.8) is 0 Å². The molecule has 2 atom stereocenters. The highest BCUT2D eigenvalue weighted by Crippen LogP contribution is 2.18. The maximum atomic E-state index is 11.9. The first-order valence-corrected chi connectivity index (χ1v) is 5.56. The lowest BCUT2D eigenvalue weighted by atomic mass is 9.94. The van der Waals surface area contributed by atoms with Gasteiger partial charge in [-0.1, -0.05) is 6.92 Å². The van der Waals surface area contributed by atoms with Crippen LogP contribution >= 0.6 is 0 Å². The van der Waals surface area contributed by atoms with Crippen molar-refractivity contribution in [3.05, 3.63) is 0 Å². The Morgan fingerprint density at radius 2 is 2.06 bits per heavy atom. The first kappa shape index (κ1) is 13.0. The third-order valence-corrected chi connectivity index (χ3v) is 2.91. The van der Waals surface area contributed by atoms with Crippen molar-refractivity contribution >= 4 is 11.9 Å². The largest absolute Gasteiger partial charge is 0.481 e. The number of nitrogens with one attached hydrogen (secondary N) is 2. The molecule has 1 rings (SSSR count). The van der Waals surface area contributed by atoms with E-state index >= 15 is 0 Å². The number of carbonyl (C=O) groups excluding carboxylic acids is 1. The number of carbonyl (C=O) groups is 2. The van der Waals surface area contributed by atoms with Gasteiger partial charge < -0.3 is 15.7 Å².